The van der Waals surface area contributed by atoms with Crippen molar-refractivity contribution in [3.8, 4) is 0 Å². The second kappa shape index (κ2) is 7.87. The molecule has 2 atom stereocenters. The molecule has 0 aliphatic carbocycles. The Kier molecular flexibility index (Phi) is 5.87. The van der Waals surface area contributed by atoms with Crippen LogP contribution >= 0.6 is 0 Å². The van der Waals surface area contributed by atoms with Gasteiger partial charge in [-0.05, 0) is 18.4 Å². The van der Waals surface area contributed by atoms with E-state index in [0.29, 0.717) is 18.1 Å². The van der Waals surface area contributed by atoms with Crippen molar-refractivity contribution in [1.82, 2.24) is 15.5 Å². The summed E-state index contributed by atoms with van der Waals surface area (Å²) in [7, 11) is 0. The monoisotopic (exact) mass is 317 g/mol. The second-order valence-corrected chi connectivity index (χ2v) is 6.02. The number of aromatic nitrogens is 2. The number of benzene rings is 1. The highest BCUT2D eigenvalue weighted by Gasteiger charge is 2.19. The molecule has 0 saturated heterocycles. The zero-order valence-electron chi connectivity index (χ0n) is 13.7. The average molecular weight is 317 g/mol. The molecule has 23 heavy (non-hydrogen) atoms. The summed E-state index contributed by atoms with van der Waals surface area (Å²) < 4.78 is 5.21. The van der Waals surface area contributed by atoms with E-state index in [2.05, 4.69) is 15.5 Å². The summed E-state index contributed by atoms with van der Waals surface area (Å²) in [6.07, 6.45) is -0.0112. The molecule has 1 aromatic heterocycles. The summed E-state index contributed by atoms with van der Waals surface area (Å²) in [6.45, 7) is 5.52. The molecule has 6 heteroatoms. The Labute approximate surface area is 135 Å². The van der Waals surface area contributed by atoms with Crippen molar-refractivity contribution >= 4 is 5.91 Å². The van der Waals surface area contributed by atoms with E-state index in [0.717, 1.165) is 5.56 Å². The quantitative estimate of drug-likeness (QED) is 0.817. The lowest BCUT2D eigenvalue weighted by Gasteiger charge is -2.15. The van der Waals surface area contributed by atoms with Crippen LogP contribution in [0.15, 0.2) is 34.9 Å². The molecule has 1 aromatic carbocycles. The van der Waals surface area contributed by atoms with Crippen molar-refractivity contribution in [2.45, 2.75) is 45.8 Å². The van der Waals surface area contributed by atoms with Crippen molar-refractivity contribution in [2.24, 2.45) is 5.92 Å². The van der Waals surface area contributed by atoms with E-state index in [1.807, 2.05) is 44.2 Å². The minimum Gasteiger partial charge on any atom is -0.392 e. The zero-order valence-corrected chi connectivity index (χ0v) is 13.7. The number of nitrogens with one attached hydrogen (secondary N) is 1. The van der Waals surface area contributed by atoms with Gasteiger partial charge in [-0.15, -0.1) is 0 Å². The zero-order chi connectivity index (χ0) is 16.8. The Bertz CT molecular complexity index is 625. The first-order valence-corrected chi connectivity index (χ1v) is 7.79. The molecular formula is C17H23N3O3. The standard InChI is InChI=1S/C17H23N3O3/c1-11(2)14(21)10-16(22)18-12(3)17-19-15(20-23-17)9-13-7-5-4-6-8-13/h4-8,11-12,14,21H,9-10H2,1-3H3,(H,18,22). The second-order valence-electron chi connectivity index (χ2n) is 6.02. The fraction of sp³-hybridized carbons (Fsp3) is 0.471. The number of amides is 1. The van der Waals surface area contributed by atoms with Crippen molar-refractivity contribution in [2.75, 3.05) is 0 Å². The van der Waals surface area contributed by atoms with Gasteiger partial charge in [-0.1, -0.05) is 49.3 Å². The van der Waals surface area contributed by atoms with Gasteiger partial charge >= 0.3 is 0 Å². The van der Waals surface area contributed by atoms with Crippen molar-refractivity contribution in [1.29, 1.82) is 0 Å². The van der Waals surface area contributed by atoms with E-state index >= 15 is 0 Å². The van der Waals surface area contributed by atoms with E-state index in [4.69, 9.17) is 4.52 Å². The molecule has 124 valence electrons. The molecule has 1 heterocycles. The molecule has 0 bridgehead atoms. The van der Waals surface area contributed by atoms with Gasteiger partial charge in [0.15, 0.2) is 5.82 Å². The highest BCUT2D eigenvalue weighted by molar-refractivity contribution is 5.76. The maximum atomic E-state index is 11.9. The maximum Gasteiger partial charge on any atom is 0.248 e. The number of hydrogen-bond donors (Lipinski definition) is 2. The number of carbonyl (C=O) groups is 1. The third-order valence-electron chi connectivity index (χ3n) is 3.60. The lowest BCUT2D eigenvalue weighted by Crippen LogP contribution is -2.31. The van der Waals surface area contributed by atoms with Gasteiger partial charge in [0.05, 0.1) is 12.5 Å². The van der Waals surface area contributed by atoms with E-state index in [9.17, 15) is 9.90 Å². The predicted molar refractivity (Wildman–Crippen MR) is 85.6 cm³/mol. The Morgan fingerprint density at radius 2 is 1.96 bits per heavy atom. The van der Waals surface area contributed by atoms with Crippen LogP contribution in [0.4, 0.5) is 0 Å². The van der Waals surface area contributed by atoms with Gasteiger partial charge < -0.3 is 14.9 Å². The molecule has 0 spiro atoms. The summed E-state index contributed by atoms with van der Waals surface area (Å²) >= 11 is 0. The van der Waals surface area contributed by atoms with Gasteiger partial charge in [-0.3, -0.25) is 4.79 Å². The Hall–Kier alpha value is -2.21. The third kappa shape index (κ3) is 5.17. The lowest BCUT2D eigenvalue weighted by molar-refractivity contribution is -0.124. The third-order valence-corrected chi connectivity index (χ3v) is 3.60. The maximum absolute atomic E-state index is 11.9. The van der Waals surface area contributed by atoms with Crippen LogP contribution in [0.1, 0.15) is 50.5 Å². The summed E-state index contributed by atoms with van der Waals surface area (Å²) in [5.74, 6) is 0.747. The molecule has 0 aliphatic rings. The lowest BCUT2D eigenvalue weighted by atomic mass is 10.0. The summed E-state index contributed by atoms with van der Waals surface area (Å²) in [5.41, 5.74) is 1.09. The topological polar surface area (TPSA) is 88.2 Å². The summed E-state index contributed by atoms with van der Waals surface area (Å²) in [4.78, 5) is 16.2. The number of hydrogen-bond acceptors (Lipinski definition) is 5. The van der Waals surface area contributed by atoms with Gasteiger partial charge in [0.2, 0.25) is 11.8 Å². The van der Waals surface area contributed by atoms with Crippen LogP contribution < -0.4 is 5.32 Å². The highest BCUT2D eigenvalue weighted by atomic mass is 16.5. The fourth-order valence-electron chi connectivity index (χ4n) is 2.08. The highest BCUT2D eigenvalue weighted by Crippen LogP contribution is 2.13. The SMILES string of the molecule is CC(NC(=O)CC(O)C(C)C)c1nc(Cc2ccccc2)no1. The van der Waals surface area contributed by atoms with Crippen LogP contribution in [0.25, 0.3) is 0 Å². The Morgan fingerprint density at radius 1 is 1.26 bits per heavy atom. The molecular weight excluding hydrogens is 294 g/mol. The van der Waals surface area contributed by atoms with Crippen molar-refractivity contribution < 1.29 is 14.4 Å². The molecule has 2 unspecified atom stereocenters. The minimum atomic E-state index is -0.654. The molecule has 0 radical (unpaired) electrons. The predicted octanol–water partition coefficient (Wildman–Crippen LogP) is 2.24. The summed E-state index contributed by atoms with van der Waals surface area (Å²) in [6, 6.07) is 9.47. The van der Waals surface area contributed by atoms with Crippen LogP contribution in [0, 0.1) is 5.92 Å². The number of carbonyl (C=O) groups excluding carboxylic acids is 1. The van der Waals surface area contributed by atoms with Gasteiger partial charge in [0, 0.05) is 6.42 Å². The van der Waals surface area contributed by atoms with Gasteiger partial charge in [0.25, 0.3) is 0 Å². The number of nitrogens with zero attached hydrogens (tertiary/aromatic N) is 2. The largest absolute Gasteiger partial charge is 0.392 e. The number of rotatable bonds is 7. The van der Waals surface area contributed by atoms with E-state index in [-0.39, 0.29) is 24.3 Å². The Morgan fingerprint density at radius 3 is 2.61 bits per heavy atom. The molecule has 2 rings (SSSR count). The van der Waals surface area contributed by atoms with E-state index < -0.39 is 6.10 Å². The smallest absolute Gasteiger partial charge is 0.248 e. The molecule has 6 nitrogen and oxygen atoms in total. The van der Waals surface area contributed by atoms with Crippen molar-refractivity contribution in [3.05, 3.63) is 47.6 Å². The van der Waals surface area contributed by atoms with E-state index in [1.54, 1.807) is 6.92 Å². The first kappa shape index (κ1) is 17.1. The Balaban J connectivity index is 1.90. The van der Waals surface area contributed by atoms with Crippen LogP contribution in [0.5, 0.6) is 0 Å². The molecule has 2 aromatic rings. The number of aliphatic hydroxyl groups excluding tert-OH is 1. The first-order chi connectivity index (χ1) is 11.0. The van der Waals surface area contributed by atoms with Crippen LogP contribution in [0.3, 0.4) is 0 Å². The molecule has 0 fully saturated rings. The van der Waals surface area contributed by atoms with Gasteiger partial charge in [-0.25, -0.2) is 0 Å². The fourth-order valence-corrected chi connectivity index (χ4v) is 2.08. The van der Waals surface area contributed by atoms with Crippen molar-refractivity contribution in [3.63, 3.8) is 0 Å². The summed E-state index contributed by atoms with van der Waals surface area (Å²) in [5, 5.41) is 16.4. The molecule has 2 N–H and O–H groups in total. The van der Waals surface area contributed by atoms with Gasteiger partial charge in [-0.2, -0.15) is 4.98 Å². The van der Waals surface area contributed by atoms with Crippen LogP contribution in [-0.4, -0.2) is 27.3 Å². The normalized spacial score (nSPS) is 13.8. The van der Waals surface area contributed by atoms with E-state index in [1.165, 1.54) is 0 Å². The average Bonchev–Trinajstić information content (AvgIpc) is 2.96. The minimum absolute atomic E-state index is 0.0388. The van der Waals surface area contributed by atoms with Crippen LogP contribution in [0.2, 0.25) is 0 Å². The first-order valence-electron chi connectivity index (χ1n) is 7.79. The molecule has 1 amide bonds. The van der Waals surface area contributed by atoms with Crippen LogP contribution in [-0.2, 0) is 11.2 Å². The molecule has 0 saturated carbocycles. The molecule has 0 aliphatic heterocycles. The number of aliphatic hydroxyl groups is 1. The van der Waals surface area contributed by atoms with Gasteiger partial charge in [0.1, 0.15) is 6.04 Å².